The SMILES string of the molecule is Cc1cnn(C)c1-c1ccc(Cl)cc1Cl. The summed E-state index contributed by atoms with van der Waals surface area (Å²) in [6.45, 7) is 2.01. The summed E-state index contributed by atoms with van der Waals surface area (Å²) in [5.74, 6) is 0. The van der Waals surface area contributed by atoms with E-state index in [1.165, 1.54) is 0 Å². The van der Waals surface area contributed by atoms with Crippen molar-refractivity contribution in [1.29, 1.82) is 0 Å². The lowest BCUT2D eigenvalue weighted by atomic mass is 10.1. The number of hydrogen-bond acceptors (Lipinski definition) is 1. The van der Waals surface area contributed by atoms with E-state index in [9.17, 15) is 0 Å². The second kappa shape index (κ2) is 3.87. The maximum atomic E-state index is 6.14. The Bertz CT molecular complexity index is 484. The molecule has 0 aliphatic carbocycles. The Kier molecular flexibility index (Phi) is 2.72. The van der Waals surface area contributed by atoms with Crippen LogP contribution in [-0.4, -0.2) is 9.78 Å². The smallest absolute Gasteiger partial charge is 0.0723 e. The molecule has 1 aromatic heterocycles. The first-order valence-electron chi connectivity index (χ1n) is 4.53. The molecule has 2 aromatic rings. The molecule has 15 heavy (non-hydrogen) atoms. The van der Waals surface area contributed by atoms with Gasteiger partial charge in [-0.15, -0.1) is 0 Å². The quantitative estimate of drug-likeness (QED) is 0.744. The summed E-state index contributed by atoms with van der Waals surface area (Å²) in [4.78, 5) is 0. The first-order chi connectivity index (χ1) is 7.09. The van der Waals surface area contributed by atoms with Crippen LogP contribution in [0.4, 0.5) is 0 Å². The van der Waals surface area contributed by atoms with Crippen molar-refractivity contribution >= 4 is 23.2 Å². The molecule has 0 aliphatic rings. The van der Waals surface area contributed by atoms with Gasteiger partial charge in [-0.1, -0.05) is 23.2 Å². The predicted octanol–water partition coefficient (Wildman–Crippen LogP) is 3.70. The molecule has 0 saturated carbocycles. The van der Waals surface area contributed by atoms with Crippen molar-refractivity contribution in [2.45, 2.75) is 6.92 Å². The van der Waals surface area contributed by atoms with Crippen LogP contribution in [0.5, 0.6) is 0 Å². The van der Waals surface area contributed by atoms with Crippen molar-refractivity contribution in [3.8, 4) is 11.3 Å². The van der Waals surface area contributed by atoms with Gasteiger partial charge in [-0.25, -0.2) is 0 Å². The molecule has 0 N–H and O–H groups in total. The summed E-state index contributed by atoms with van der Waals surface area (Å²) >= 11 is 12.0. The Balaban J connectivity index is 2.64. The number of nitrogens with zero attached hydrogens (tertiary/aromatic N) is 2. The molecule has 0 radical (unpaired) electrons. The van der Waals surface area contributed by atoms with Crippen LogP contribution in [-0.2, 0) is 7.05 Å². The van der Waals surface area contributed by atoms with E-state index < -0.39 is 0 Å². The molecule has 1 heterocycles. The van der Waals surface area contributed by atoms with Crippen LogP contribution in [0.3, 0.4) is 0 Å². The molecular formula is C11H10Cl2N2. The molecule has 0 atom stereocenters. The highest BCUT2D eigenvalue weighted by Gasteiger charge is 2.10. The zero-order chi connectivity index (χ0) is 11.0. The van der Waals surface area contributed by atoms with Gasteiger partial charge in [0.15, 0.2) is 0 Å². The number of hydrogen-bond donors (Lipinski definition) is 0. The van der Waals surface area contributed by atoms with Crippen molar-refractivity contribution < 1.29 is 0 Å². The number of halogens is 2. The van der Waals surface area contributed by atoms with E-state index in [0.717, 1.165) is 16.8 Å². The Morgan fingerprint density at radius 1 is 1.27 bits per heavy atom. The third-order valence-corrected chi connectivity index (χ3v) is 2.86. The Morgan fingerprint density at radius 2 is 2.00 bits per heavy atom. The molecule has 78 valence electrons. The third-order valence-electron chi connectivity index (χ3n) is 2.31. The molecule has 0 bridgehead atoms. The molecule has 2 nitrogen and oxygen atoms in total. The van der Waals surface area contributed by atoms with E-state index in [2.05, 4.69) is 5.10 Å². The molecule has 0 fully saturated rings. The van der Waals surface area contributed by atoms with Gasteiger partial charge in [-0.05, 0) is 30.7 Å². The summed E-state index contributed by atoms with van der Waals surface area (Å²) in [6, 6.07) is 5.48. The van der Waals surface area contributed by atoms with Crippen LogP contribution in [0.2, 0.25) is 10.0 Å². The normalized spacial score (nSPS) is 10.7. The molecule has 0 unspecified atom stereocenters. The van der Waals surface area contributed by atoms with Crippen molar-refractivity contribution in [1.82, 2.24) is 9.78 Å². The van der Waals surface area contributed by atoms with Gasteiger partial charge in [-0.3, -0.25) is 4.68 Å². The lowest BCUT2D eigenvalue weighted by Crippen LogP contribution is -1.94. The average Bonchev–Trinajstić information content (AvgIpc) is 2.48. The van der Waals surface area contributed by atoms with Crippen LogP contribution in [0.1, 0.15) is 5.56 Å². The molecule has 4 heteroatoms. The van der Waals surface area contributed by atoms with Gasteiger partial charge in [0.1, 0.15) is 0 Å². The molecule has 2 rings (SSSR count). The fourth-order valence-corrected chi connectivity index (χ4v) is 2.11. The fraction of sp³-hybridized carbons (Fsp3) is 0.182. The van der Waals surface area contributed by atoms with Crippen molar-refractivity contribution in [3.63, 3.8) is 0 Å². The van der Waals surface area contributed by atoms with E-state index in [4.69, 9.17) is 23.2 Å². The lowest BCUT2D eigenvalue weighted by molar-refractivity contribution is 0.775. The molecule has 0 spiro atoms. The largest absolute Gasteiger partial charge is 0.268 e. The van der Waals surface area contributed by atoms with Gasteiger partial charge in [-0.2, -0.15) is 5.10 Å². The highest BCUT2D eigenvalue weighted by atomic mass is 35.5. The van der Waals surface area contributed by atoms with Gasteiger partial charge in [0.2, 0.25) is 0 Å². The molecule has 0 saturated heterocycles. The first-order valence-corrected chi connectivity index (χ1v) is 5.29. The van der Waals surface area contributed by atoms with Crippen LogP contribution in [0.25, 0.3) is 11.3 Å². The monoisotopic (exact) mass is 240 g/mol. The topological polar surface area (TPSA) is 17.8 Å². The van der Waals surface area contributed by atoms with E-state index in [-0.39, 0.29) is 0 Å². The summed E-state index contributed by atoms with van der Waals surface area (Å²) in [5.41, 5.74) is 3.08. The van der Waals surface area contributed by atoms with E-state index in [0.29, 0.717) is 10.0 Å². The van der Waals surface area contributed by atoms with E-state index >= 15 is 0 Å². The van der Waals surface area contributed by atoms with Gasteiger partial charge < -0.3 is 0 Å². The maximum absolute atomic E-state index is 6.14. The summed E-state index contributed by atoms with van der Waals surface area (Å²) in [6.07, 6.45) is 1.82. The molecular weight excluding hydrogens is 231 g/mol. The minimum Gasteiger partial charge on any atom is -0.268 e. The number of aryl methyl sites for hydroxylation is 2. The van der Waals surface area contributed by atoms with Gasteiger partial charge in [0, 0.05) is 17.6 Å². The average molecular weight is 241 g/mol. The Hall–Kier alpha value is -0.990. The minimum atomic E-state index is 0.642. The van der Waals surface area contributed by atoms with Gasteiger partial charge in [0.05, 0.1) is 16.9 Å². The van der Waals surface area contributed by atoms with Crippen LogP contribution in [0.15, 0.2) is 24.4 Å². The highest BCUT2D eigenvalue weighted by Crippen LogP contribution is 2.31. The lowest BCUT2D eigenvalue weighted by Gasteiger charge is -2.06. The Labute approximate surface area is 98.4 Å². The summed E-state index contributed by atoms with van der Waals surface area (Å²) in [7, 11) is 1.90. The van der Waals surface area contributed by atoms with Crippen molar-refractivity contribution in [2.24, 2.45) is 7.05 Å². The van der Waals surface area contributed by atoms with Crippen molar-refractivity contribution in [3.05, 3.63) is 40.0 Å². The maximum Gasteiger partial charge on any atom is 0.0723 e. The molecule has 0 aliphatic heterocycles. The second-order valence-electron chi connectivity index (χ2n) is 3.42. The van der Waals surface area contributed by atoms with Gasteiger partial charge in [0.25, 0.3) is 0 Å². The predicted molar refractivity (Wildman–Crippen MR) is 63.4 cm³/mol. The van der Waals surface area contributed by atoms with Crippen LogP contribution >= 0.6 is 23.2 Å². The van der Waals surface area contributed by atoms with E-state index in [1.807, 2.05) is 37.0 Å². The van der Waals surface area contributed by atoms with Gasteiger partial charge >= 0.3 is 0 Å². The Morgan fingerprint density at radius 3 is 2.53 bits per heavy atom. The minimum absolute atomic E-state index is 0.642. The van der Waals surface area contributed by atoms with Crippen molar-refractivity contribution in [2.75, 3.05) is 0 Å². The fourth-order valence-electron chi connectivity index (χ4n) is 1.62. The third kappa shape index (κ3) is 1.87. The summed E-state index contributed by atoms with van der Waals surface area (Å²) in [5, 5.41) is 5.47. The zero-order valence-electron chi connectivity index (χ0n) is 8.46. The summed E-state index contributed by atoms with van der Waals surface area (Å²) < 4.78 is 1.81. The zero-order valence-corrected chi connectivity index (χ0v) is 9.97. The van der Waals surface area contributed by atoms with Crippen LogP contribution < -0.4 is 0 Å². The molecule has 1 aromatic carbocycles. The first kappa shape index (κ1) is 10.5. The van der Waals surface area contributed by atoms with Crippen LogP contribution in [0, 0.1) is 6.92 Å². The second-order valence-corrected chi connectivity index (χ2v) is 4.27. The standard InChI is InChI=1S/C11H10Cl2N2/c1-7-6-14-15(2)11(7)9-4-3-8(12)5-10(9)13/h3-6H,1-2H3. The number of rotatable bonds is 1. The molecule has 0 amide bonds. The van der Waals surface area contributed by atoms with E-state index in [1.54, 1.807) is 6.07 Å². The number of aromatic nitrogens is 2. The number of benzene rings is 1. The highest BCUT2D eigenvalue weighted by molar-refractivity contribution is 6.36.